The summed E-state index contributed by atoms with van der Waals surface area (Å²) in [5.74, 6) is -0.0174. The smallest absolute Gasteiger partial charge is 0.262 e. The van der Waals surface area contributed by atoms with Crippen LogP contribution in [0.4, 0.5) is 5.69 Å². The van der Waals surface area contributed by atoms with Gasteiger partial charge < -0.3 is 10.0 Å². The summed E-state index contributed by atoms with van der Waals surface area (Å²) in [4.78, 5) is 33.0. The summed E-state index contributed by atoms with van der Waals surface area (Å²) >= 11 is 4.65. The first-order valence-electron chi connectivity index (χ1n) is 10.2. The van der Waals surface area contributed by atoms with Crippen molar-refractivity contribution in [2.45, 2.75) is 56.3 Å². The lowest BCUT2D eigenvalue weighted by atomic mass is 10.1. The Balaban J connectivity index is 1.70. The van der Waals surface area contributed by atoms with Gasteiger partial charge in [-0.15, -0.1) is 0 Å². The Bertz CT molecular complexity index is 1210. The average Bonchev–Trinajstić information content (AvgIpc) is 3.06. The number of thioether (sulfide) groups is 1. The number of benzene rings is 2. The number of nitrogens with zero attached hydrogens (tertiary/aromatic N) is 3. The van der Waals surface area contributed by atoms with Gasteiger partial charge in [-0.3, -0.25) is 14.2 Å². The monoisotopic (exact) mass is 501 g/mol. The number of aromatic nitrogens is 2. The van der Waals surface area contributed by atoms with Gasteiger partial charge in [-0.2, -0.15) is 0 Å². The number of hydrogen-bond acceptors (Lipinski definition) is 5. The number of halogens is 1. The minimum absolute atomic E-state index is 0.0174. The largest absolute Gasteiger partial charge is 0.392 e. The number of amides is 1. The van der Waals surface area contributed by atoms with Crippen LogP contribution in [0.25, 0.3) is 10.9 Å². The molecule has 8 heteroatoms. The Hall–Kier alpha value is -2.16. The van der Waals surface area contributed by atoms with Crippen molar-refractivity contribution in [1.29, 1.82) is 0 Å². The van der Waals surface area contributed by atoms with E-state index in [-0.39, 0.29) is 24.1 Å². The van der Waals surface area contributed by atoms with E-state index in [9.17, 15) is 14.7 Å². The number of fused-ring (bicyclic) bond motifs is 2. The first-order valence-corrected chi connectivity index (χ1v) is 11.9. The number of hydrogen-bond donors (Lipinski definition) is 1. The normalized spacial score (nSPS) is 17.6. The summed E-state index contributed by atoms with van der Waals surface area (Å²) in [5, 5.41) is 10.4. The van der Waals surface area contributed by atoms with Crippen molar-refractivity contribution in [3.63, 3.8) is 0 Å². The third-order valence-corrected chi connectivity index (χ3v) is 6.97. The zero-order valence-electron chi connectivity index (χ0n) is 17.6. The molecule has 162 valence electrons. The van der Waals surface area contributed by atoms with Crippen LogP contribution in [0.1, 0.15) is 26.3 Å². The molecule has 6 nitrogen and oxygen atoms in total. The quantitative estimate of drug-likeness (QED) is 0.422. The van der Waals surface area contributed by atoms with Crippen LogP contribution in [0, 0.1) is 0 Å². The molecule has 2 heterocycles. The fourth-order valence-corrected chi connectivity index (χ4v) is 5.32. The van der Waals surface area contributed by atoms with E-state index in [1.165, 1.54) is 21.9 Å². The molecular weight excluding hydrogens is 478 g/mol. The van der Waals surface area contributed by atoms with Gasteiger partial charge in [0.1, 0.15) is 0 Å². The Morgan fingerprint density at radius 1 is 1.29 bits per heavy atom. The number of anilines is 1. The van der Waals surface area contributed by atoms with E-state index in [2.05, 4.69) is 27.0 Å². The maximum atomic E-state index is 13.4. The minimum Gasteiger partial charge on any atom is -0.392 e. The van der Waals surface area contributed by atoms with Gasteiger partial charge in [-0.05, 0) is 57.0 Å². The van der Waals surface area contributed by atoms with E-state index in [0.29, 0.717) is 16.1 Å². The van der Waals surface area contributed by atoms with Crippen LogP contribution in [-0.2, 0) is 17.8 Å². The van der Waals surface area contributed by atoms with E-state index < -0.39 is 11.4 Å². The van der Waals surface area contributed by atoms with E-state index in [0.717, 1.165) is 16.6 Å². The molecule has 0 saturated carbocycles. The molecule has 0 bridgehead atoms. The van der Waals surface area contributed by atoms with Crippen LogP contribution < -0.4 is 10.5 Å². The zero-order valence-corrected chi connectivity index (χ0v) is 20.0. The van der Waals surface area contributed by atoms with Crippen LogP contribution >= 0.6 is 27.7 Å². The van der Waals surface area contributed by atoms with Crippen LogP contribution in [0.2, 0.25) is 0 Å². The number of aliphatic hydroxyl groups excluding tert-OH is 1. The third kappa shape index (κ3) is 4.29. The number of carbonyl (C=O) groups is 1. The maximum Gasteiger partial charge on any atom is 0.262 e. The number of rotatable bonds is 5. The fraction of sp³-hybridized carbons (Fsp3) is 0.348. The molecule has 0 spiro atoms. The topological polar surface area (TPSA) is 75.4 Å². The van der Waals surface area contributed by atoms with Crippen LogP contribution in [-0.4, -0.2) is 38.0 Å². The zero-order chi connectivity index (χ0) is 22.3. The molecule has 0 saturated heterocycles. The molecule has 1 aliphatic rings. The van der Waals surface area contributed by atoms with Gasteiger partial charge in [0.2, 0.25) is 5.91 Å². The van der Waals surface area contributed by atoms with Crippen molar-refractivity contribution in [3.05, 3.63) is 62.9 Å². The second-order valence-electron chi connectivity index (χ2n) is 7.97. The van der Waals surface area contributed by atoms with Gasteiger partial charge in [-0.1, -0.05) is 45.9 Å². The highest BCUT2D eigenvalue weighted by molar-refractivity contribution is 9.10. The molecule has 3 atom stereocenters. The highest BCUT2D eigenvalue weighted by atomic mass is 79.9. The van der Waals surface area contributed by atoms with E-state index >= 15 is 0 Å². The maximum absolute atomic E-state index is 13.4. The van der Waals surface area contributed by atoms with E-state index in [1.807, 2.05) is 43.0 Å². The lowest BCUT2D eigenvalue weighted by molar-refractivity contribution is -0.118. The molecule has 0 radical (unpaired) electrons. The molecule has 4 rings (SSSR count). The third-order valence-electron chi connectivity index (χ3n) is 5.40. The predicted octanol–water partition coefficient (Wildman–Crippen LogP) is 4.00. The first kappa shape index (κ1) is 22.0. The Labute approximate surface area is 193 Å². The van der Waals surface area contributed by atoms with Crippen LogP contribution in [0.3, 0.4) is 0 Å². The fourth-order valence-electron chi connectivity index (χ4n) is 3.99. The number of aliphatic hydroxyl groups is 1. The average molecular weight is 502 g/mol. The highest BCUT2D eigenvalue weighted by Gasteiger charge is 2.34. The van der Waals surface area contributed by atoms with Gasteiger partial charge in [0.15, 0.2) is 5.16 Å². The molecule has 3 aromatic rings. The molecule has 3 unspecified atom stereocenters. The predicted molar refractivity (Wildman–Crippen MR) is 128 cm³/mol. The van der Waals surface area contributed by atoms with Crippen molar-refractivity contribution >= 4 is 50.2 Å². The molecule has 0 fully saturated rings. The molecule has 2 aromatic carbocycles. The van der Waals surface area contributed by atoms with Gasteiger partial charge in [-0.25, -0.2) is 4.98 Å². The van der Waals surface area contributed by atoms with Crippen molar-refractivity contribution in [3.8, 4) is 0 Å². The minimum atomic E-state index is -0.722. The first-order chi connectivity index (χ1) is 14.8. The summed E-state index contributed by atoms with van der Waals surface area (Å²) in [6.45, 7) is 5.62. The SMILES string of the molecule is CC(O)Cn1c(SC(C)C(=O)N2c3ccccc3CC2C)nc2ccc(Br)cc2c1=O. The Morgan fingerprint density at radius 3 is 2.77 bits per heavy atom. The Kier molecular flexibility index (Phi) is 6.23. The van der Waals surface area contributed by atoms with Crippen LogP contribution in [0.15, 0.2) is 56.9 Å². The second-order valence-corrected chi connectivity index (χ2v) is 10.2. The van der Waals surface area contributed by atoms with Gasteiger partial charge in [0.25, 0.3) is 5.56 Å². The molecule has 1 aromatic heterocycles. The summed E-state index contributed by atoms with van der Waals surface area (Å²) in [7, 11) is 0. The summed E-state index contributed by atoms with van der Waals surface area (Å²) in [6.07, 6.45) is 0.106. The molecule has 31 heavy (non-hydrogen) atoms. The van der Waals surface area contributed by atoms with Crippen molar-refractivity contribution < 1.29 is 9.90 Å². The second kappa shape index (κ2) is 8.76. The van der Waals surface area contributed by atoms with Gasteiger partial charge in [0, 0.05) is 16.2 Å². The standard InChI is InChI=1S/C23H24BrN3O3S/c1-13-10-16-6-4-5-7-20(16)27(13)21(29)15(3)31-23-25-19-9-8-17(24)11-18(19)22(30)26(23)12-14(2)28/h4-9,11,13-15,28H,10,12H2,1-3H3. The molecule has 0 aliphatic carbocycles. The van der Waals surface area contributed by atoms with Crippen molar-refractivity contribution in [2.75, 3.05) is 4.90 Å². The molecule has 1 N–H and O–H groups in total. The van der Waals surface area contributed by atoms with Gasteiger partial charge in [0.05, 0.1) is 28.8 Å². The molecular formula is C23H24BrN3O3S. The highest BCUT2D eigenvalue weighted by Crippen LogP contribution is 2.34. The van der Waals surface area contributed by atoms with Gasteiger partial charge >= 0.3 is 0 Å². The number of carbonyl (C=O) groups excluding carboxylic acids is 1. The molecule has 1 amide bonds. The van der Waals surface area contributed by atoms with Crippen LogP contribution in [0.5, 0.6) is 0 Å². The summed E-state index contributed by atoms with van der Waals surface area (Å²) in [6, 6.07) is 13.4. The lowest BCUT2D eigenvalue weighted by Crippen LogP contribution is -2.40. The lowest BCUT2D eigenvalue weighted by Gasteiger charge is -2.26. The van der Waals surface area contributed by atoms with Crippen molar-refractivity contribution in [1.82, 2.24) is 9.55 Å². The summed E-state index contributed by atoms with van der Waals surface area (Å²) < 4.78 is 2.25. The summed E-state index contributed by atoms with van der Waals surface area (Å²) in [5.41, 5.74) is 2.46. The van der Waals surface area contributed by atoms with E-state index in [4.69, 9.17) is 0 Å². The van der Waals surface area contributed by atoms with E-state index in [1.54, 1.807) is 19.1 Å². The molecule has 1 aliphatic heterocycles. The van der Waals surface area contributed by atoms with Crippen molar-refractivity contribution in [2.24, 2.45) is 0 Å². The Morgan fingerprint density at radius 2 is 2.03 bits per heavy atom. The number of para-hydroxylation sites is 1.